The monoisotopic (exact) mass is 373 g/mol. The number of anilines is 1. The first-order valence-corrected chi connectivity index (χ1v) is 10.0. The van der Waals surface area contributed by atoms with Gasteiger partial charge in [-0.2, -0.15) is 12.6 Å². The number of hydrogen-bond donors (Lipinski definition) is 1. The van der Waals surface area contributed by atoms with Gasteiger partial charge in [-0.05, 0) is 36.9 Å². The van der Waals surface area contributed by atoms with Gasteiger partial charge in [0.25, 0.3) is 0 Å². The summed E-state index contributed by atoms with van der Waals surface area (Å²) in [6.07, 6.45) is 5.31. The van der Waals surface area contributed by atoms with Crippen molar-refractivity contribution in [3.05, 3.63) is 47.2 Å². The van der Waals surface area contributed by atoms with Crippen molar-refractivity contribution in [1.29, 1.82) is 0 Å². The van der Waals surface area contributed by atoms with Crippen LogP contribution in [0.25, 0.3) is 10.2 Å². The van der Waals surface area contributed by atoms with Gasteiger partial charge in [0, 0.05) is 45.1 Å². The topological polar surface area (TPSA) is 45.2 Å². The SMILES string of the molecule is CS.Cc1nc2cc(CN3CCN(c4ncccn4)CC3)ccc2s1. The number of nitrogens with zero attached hydrogens (tertiary/aromatic N) is 5. The fourth-order valence-electron chi connectivity index (χ4n) is 3.01. The molecule has 3 aromatic rings. The lowest BCUT2D eigenvalue weighted by molar-refractivity contribution is 0.249. The van der Waals surface area contributed by atoms with Crippen LogP contribution >= 0.6 is 24.0 Å². The summed E-state index contributed by atoms with van der Waals surface area (Å²) in [5.74, 6) is 0.839. The van der Waals surface area contributed by atoms with Crippen molar-refractivity contribution in [3.8, 4) is 0 Å². The molecule has 1 aliphatic rings. The van der Waals surface area contributed by atoms with Gasteiger partial charge in [-0.3, -0.25) is 4.90 Å². The number of piperazine rings is 1. The standard InChI is InChI=1S/C17H19N5S.CH4S/c1-13-20-15-11-14(3-4-16(15)23-13)12-21-7-9-22(10-8-21)17-18-5-2-6-19-17;1-2/h2-6,11H,7-10,12H2,1H3;2H,1H3. The van der Waals surface area contributed by atoms with Gasteiger partial charge in [-0.15, -0.1) is 11.3 Å². The summed E-state index contributed by atoms with van der Waals surface area (Å²) >= 11 is 5.29. The average molecular weight is 374 g/mol. The van der Waals surface area contributed by atoms with E-state index in [1.807, 2.05) is 6.07 Å². The molecule has 2 aromatic heterocycles. The molecule has 0 radical (unpaired) electrons. The Hall–Kier alpha value is -1.70. The van der Waals surface area contributed by atoms with Crippen molar-refractivity contribution >= 4 is 40.1 Å². The fraction of sp³-hybridized carbons (Fsp3) is 0.389. The lowest BCUT2D eigenvalue weighted by Crippen LogP contribution is -2.46. The van der Waals surface area contributed by atoms with Crippen LogP contribution in [0.15, 0.2) is 36.7 Å². The maximum absolute atomic E-state index is 4.59. The van der Waals surface area contributed by atoms with Crippen LogP contribution in [0.3, 0.4) is 0 Å². The van der Waals surface area contributed by atoms with Crippen LogP contribution in [0.2, 0.25) is 0 Å². The minimum atomic E-state index is 0.839. The first-order chi connectivity index (χ1) is 12.3. The van der Waals surface area contributed by atoms with Crippen LogP contribution < -0.4 is 4.90 Å². The number of hydrogen-bond acceptors (Lipinski definition) is 7. The van der Waals surface area contributed by atoms with E-state index in [4.69, 9.17) is 0 Å². The molecule has 0 atom stereocenters. The Balaban J connectivity index is 0.000000880. The Morgan fingerprint density at radius 3 is 2.52 bits per heavy atom. The highest BCUT2D eigenvalue weighted by Gasteiger charge is 2.18. The third-order valence-electron chi connectivity index (χ3n) is 4.17. The Kier molecular flexibility index (Phi) is 6.23. The molecule has 0 spiro atoms. The molecule has 5 nitrogen and oxygen atoms in total. The van der Waals surface area contributed by atoms with Gasteiger partial charge in [0.05, 0.1) is 15.2 Å². The first-order valence-electron chi connectivity index (χ1n) is 8.33. The van der Waals surface area contributed by atoms with Crippen molar-refractivity contribution in [1.82, 2.24) is 19.9 Å². The van der Waals surface area contributed by atoms with Gasteiger partial charge < -0.3 is 4.90 Å². The van der Waals surface area contributed by atoms with E-state index >= 15 is 0 Å². The van der Waals surface area contributed by atoms with E-state index in [-0.39, 0.29) is 0 Å². The molecule has 1 aliphatic heterocycles. The number of thiol groups is 1. The molecule has 0 amide bonds. The molecule has 25 heavy (non-hydrogen) atoms. The summed E-state index contributed by atoms with van der Waals surface area (Å²) in [5, 5.41) is 1.13. The highest BCUT2D eigenvalue weighted by atomic mass is 32.1. The second-order valence-corrected chi connectivity index (χ2v) is 7.08. The fourth-order valence-corrected chi connectivity index (χ4v) is 3.81. The molecule has 132 valence electrons. The van der Waals surface area contributed by atoms with Crippen molar-refractivity contribution < 1.29 is 0 Å². The van der Waals surface area contributed by atoms with Crippen LogP contribution in [-0.4, -0.2) is 52.3 Å². The van der Waals surface area contributed by atoms with Crippen molar-refractivity contribution in [2.45, 2.75) is 13.5 Å². The Bertz CT molecular complexity index is 798. The highest BCUT2D eigenvalue weighted by molar-refractivity contribution is 7.79. The number of thiazole rings is 1. The number of benzene rings is 1. The number of fused-ring (bicyclic) bond motifs is 1. The summed E-state index contributed by atoms with van der Waals surface area (Å²) < 4.78 is 1.28. The zero-order chi connectivity index (χ0) is 17.6. The molecule has 7 heteroatoms. The minimum absolute atomic E-state index is 0.839. The predicted octanol–water partition coefficient (Wildman–Crippen LogP) is 3.26. The van der Waals surface area contributed by atoms with Crippen molar-refractivity contribution in [2.24, 2.45) is 0 Å². The third kappa shape index (κ3) is 4.48. The molecule has 1 fully saturated rings. The van der Waals surface area contributed by atoms with Gasteiger partial charge in [-0.25, -0.2) is 15.0 Å². The van der Waals surface area contributed by atoms with Gasteiger partial charge in [0.1, 0.15) is 0 Å². The van der Waals surface area contributed by atoms with E-state index in [1.165, 1.54) is 10.3 Å². The molecular weight excluding hydrogens is 350 g/mol. The van der Waals surface area contributed by atoms with E-state index in [2.05, 4.69) is 62.5 Å². The van der Waals surface area contributed by atoms with Crippen LogP contribution in [0.1, 0.15) is 10.6 Å². The molecule has 3 heterocycles. The third-order valence-corrected chi connectivity index (χ3v) is 5.12. The number of rotatable bonds is 3. The quantitative estimate of drug-likeness (QED) is 0.714. The Morgan fingerprint density at radius 2 is 1.80 bits per heavy atom. The molecular formula is C18H23N5S2. The average Bonchev–Trinajstić information content (AvgIpc) is 3.04. The zero-order valence-electron chi connectivity index (χ0n) is 14.6. The lowest BCUT2D eigenvalue weighted by Gasteiger charge is -2.34. The summed E-state index contributed by atoms with van der Waals surface area (Å²) in [7, 11) is 0. The second kappa shape index (κ2) is 8.60. The van der Waals surface area contributed by atoms with Crippen LogP contribution in [0.4, 0.5) is 5.95 Å². The van der Waals surface area contributed by atoms with E-state index in [0.717, 1.165) is 49.2 Å². The summed E-state index contributed by atoms with van der Waals surface area (Å²) in [5.41, 5.74) is 2.47. The van der Waals surface area contributed by atoms with E-state index in [9.17, 15) is 0 Å². The van der Waals surface area contributed by atoms with E-state index in [0.29, 0.717) is 0 Å². The molecule has 1 aromatic carbocycles. The maximum Gasteiger partial charge on any atom is 0.225 e. The molecule has 0 aliphatic carbocycles. The summed E-state index contributed by atoms with van der Waals surface area (Å²) in [4.78, 5) is 18.0. The van der Waals surface area contributed by atoms with Gasteiger partial charge in [0.2, 0.25) is 5.95 Å². The Labute approximate surface area is 158 Å². The normalized spacial score (nSPS) is 15.1. The lowest BCUT2D eigenvalue weighted by atomic mass is 10.2. The molecule has 4 rings (SSSR count). The predicted molar refractivity (Wildman–Crippen MR) is 109 cm³/mol. The summed E-state index contributed by atoms with van der Waals surface area (Å²) in [6, 6.07) is 8.51. The van der Waals surface area contributed by atoms with Crippen LogP contribution in [-0.2, 0) is 6.54 Å². The second-order valence-electron chi connectivity index (χ2n) is 5.85. The Morgan fingerprint density at radius 1 is 1.08 bits per heavy atom. The first kappa shape index (κ1) is 18.1. The molecule has 1 saturated heterocycles. The summed E-state index contributed by atoms with van der Waals surface area (Å²) in [6.45, 7) is 7.06. The number of aromatic nitrogens is 3. The molecule has 0 bridgehead atoms. The number of aryl methyl sites for hydroxylation is 1. The maximum atomic E-state index is 4.59. The van der Waals surface area contributed by atoms with Gasteiger partial charge in [-0.1, -0.05) is 6.07 Å². The molecule has 0 unspecified atom stereocenters. The van der Waals surface area contributed by atoms with Crippen LogP contribution in [0.5, 0.6) is 0 Å². The van der Waals surface area contributed by atoms with Gasteiger partial charge >= 0.3 is 0 Å². The van der Waals surface area contributed by atoms with Gasteiger partial charge in [0.15, 0.2) is 0 Å². The van der Waals surface area contributed by atoms with E-state index in [1.54, 1.807) is 30.0 Å². The highest BCUT2D eigenvalue weighted by Crippen LogP contribution is 2.23. The molecule has 0 N–H and O–H groups in total. The minimum Gasteiger partial charge on any atom is -0.338 e. The van der Waals surface area contributed by atoms with Crippen molar-refractivity contribution in [2.75, 3.05) is 37.3 Å². The molecule has 0 saturated carbocycles. The largest absolute Gasteiger partial charge is 0.338 e. The van der Waals surface area contributed by atoms with E-state index < -0.39 is 0 Å². The van der Waals surface area contributed by atoms with Crippen LogP contribution in [0, 0.1) is 6.92 Å². The zero-order valence-corrected chi connectivity index (χ0v) is 16.3. The smallest absolute Gasteiger partial charge is 0.225 e. The van der Waals surface area contributed by atoms with Crippen molar-refractivity contribution in [3.63, 3.8) is 0 Å².